The van der Waals surface area contributed by atoms with Gasteiger partial charge in [0.1, 0.15) is 11.9 Å². The molecule has 1 fully saturated rings. The quantitative estimate of drug-likeness (QED) is 0.793. The van der Waals surface area contributed by atoms with E-state index in [2.05, 4.69) is 43.1 Å². The first kappa shape index (κ1) is 13.1. The summed E-state index contributed by atoms with van der Waals surface area (Å²) in [4.78, 5) is 15.0. The van der Waals surface area contributed by atoms with Gasteiger partial charge in [0.15, 0.2) is 5.78 Å². The number of Topliss-reactive ketones (excluding diaryl/α,β-unsaturated/α-hetero) is 1. The molecule has 21 heavy (non-hydrogen) atoms. The molecule has 0 radical (unpaired) electrons. The number of ether oxygens (including phenoxy) is 1. The summed E-state index contributed by atoms with van der Waals surface area (Å²) in [7, 11) is 2.14. The molecule has 3 heterocycles. The van der Waals surface area contributed by atoms with Gasteiger partial charge in [-0.25, -0.2) is 0 Å². The van der Waals surface area contributed by atoms with Gasteiger partial charge in [-0.1, -0.05) is 29.8 Å². The molecule has 0 amide bonds. The lowest BCUT2D eigenvalue weighted by atomic mass is 9.89. The predicted molar refractivity (Wildman–Crippen MR) is 80.8 cm³/mol. The van der Waals surface area contributed by atoms with Gasteiger partial charge in [-0.15, -0.1) is 0 Å². The Morgan fingerprint density at radius 1 is 1.14 bits per heavy atom. The first-order valence-corrected chi connectivity index (χ1v) is 7.85. The van der Waals surface area contributed by atoms with Gasteiger partial charge in [-0.2, -0.15) is 0 Å². The molecule has 1 unspecified atom stereocenters. The molecule has 4 rings (SSSR count). The molecule has 0 aromatic heterocycles. The second kappa shape index (κ2) is 4.70. The maximum atomic E-state index is 12.6. The largest absolute Gasteiger partial charge is 0.489 e. The average Bonchev–Trinajstić information content (AvgIpc) is 2.71. The van der Waals surface area contributed by atoms with Crippen LogP contribution in [0.1, 0.15) is 42.9 Å². The number of carbonyl (C=O) groups is 1. The van der Waals surface area contributed by atoms with Crippen LogP contribution in [0.25, 0.3) is 0 Å². The van der Waals surface area contributed by atoms with Crippen LogP contribution in [0.5, 0.6) is 0 Å². The first-order valence-electron chi connectivity index (χ1n) is 7.85. The lowest BCUT2D eigenvalue weighted by Gasteiger charge is -2.38. The molecule has 1 aromatic rings. The van der Waals surface area contributed by atoms with E-state index < -0.39 is 0 Å². The van der Waals surface area contributed by atoms with Crippen molar-refractivity contribution in [3.63, 3.8) is 0 Å². The zero-order valence-corrected chi connectivity index (χ0v) is 12.6. The minimum atomic E-state index is -0.0975. The molecule has 2 bridgehead atoms. The van der Waals surface area contributed by atoms with Crippen LogP contribution in [0.15, 0.2) is 35.6 Å². The van der Waals surface area contributed by atoms with Crippen molar-refractivity contribution in [1.29, 1.82) is 0 Å². The smallest absolute Gasteiger partial charge is 0.167 e. The highest BCUT2D eigenvalue weighted by atomic mass is 16.5. The van der Waals surface area contributed by atoms with E-state index in [0.29, 0.717) is 24.3 Å². The van der Waals surface area contributed by atoms with Crippen LogP contribution in [0.4, 0.5) is 0 Å². The maximum Gasteiger partial charge on any atom is 0.167 e. The zero-order chi connectivity index (χ0) is 14.6. The third-order valence-electron chi connectivity index (χ3n) is 5.30. The SMILES string of the molecule is Cc1ccc([C@H]2CC(=O)C3=C(C[C@H]4CCC3N4C)O2)cc1. The van der Waals surface area contributed by atoms with Crippen molar-refractivity contribution >= 4 is 5.78 Å². The van der Waals surface area contributed by atoms with Crippen molar-refractivity contribution < 1.29 is 9.53 Å². The summed E-state index contributed by atoms with van der Waals surface area (Å²) in [5, 5.41) is 0. The monoisotopic (exact) mass is 283 g/mol. The number of benzene rings is 1. The summed E-state index contributed by atoms with van der Waals surface area (Å²) in [6, 6.07) is 9.20. The van der Waals surface area contributed by atoms with Crippen LogP contribution < -0.4 is 0 Å². The molecule has 1 saturated heterocycles. The molecular weight excluding hydrogens is 262 g/mol. The van der Waals surface area contributed by atoms with E-state index in [1.165, 1.54) is 12.0 Å². The fraction of sp³-hybridized carbons (Fsp3) is 0.500. The molecule has 3 aliphatic rings. The molecule has 0 saturated carbocycles. The molecule has 3 aliphatic heterocycles. The highest BCUT2D eigenvalue weighted by Crippen LogP contribution is 2.44. The first-order chi connectivity index (χ1) is 10.1. The van der Waals surface area contributed by atoms with Gasteiger partial charge in [0.25, 0.3) is 0 Å². The van der Waals surface area contributed by atoms with Crippen LogP contribution in [0.2, 0.25) is 0 Å². The Hall–Kier alpha value is -1.61. The standard InChI is InChI=1S/C18H21NO2/c1-11-3-5-12(6-4-11)16-10-15(20)18-14-8-7-13(19(14)2)9-17(18)21-16/h3-6,13-14,16H,7-10H2,1-2H3/t13-,14?,16-/m1/s1. The summed E-state index contributed by atoms with van der Waals surface area (Å²) in [6.45, 7) is 2.08. The van der Waals surface area contributed by atoms with E-state index in [1.54, 1.807) is 0 Å². The number of ketones is 1. The van der Waals surface area contributed by atoms with E-state index >= 15 is 0 Å². The Kier molecular flexibility index (Phi) is 2.93. The van der Waals surface area contributed by atoms with Crippen LogP contribution in [0, 0.1) is 6.92 Å². The van der Waals surface area contributed by atoms with Crippen molar-refractivity contribution in [2.24, 2.45) is 0 Å². The Morgan fingerprint density at radius 3 is 2.67 bits per heavy atom. The highest BCUT2D eigenvalue weighted by molar-refractivity contribution is 5.98. The Morgan fingerprint density at radius 2 is 1.90 bits per heavy atom. The Labute approximate surface area is 125 Å². The summed E-state index contributed by atoms with van der Waals surface area (Å²) >= 11 is 0. The van der Waals surface area contributed by atoms with Gasteiger partial charge in [-0.05, 0) is 32.4 Å². The topological polar surface area (TPSA) is 29.5 Å². The lowest BCUT2D eigenvalue weighted by molar-refractivity contribution is -0.121. The van der Waals surface area contributed by atoms with Gasteiger partial charge in [0.2, 0.25) is 0 Å². The van der Waals surface area contributed by atoms with Crippen LogP contribution in [-0.4, -0.2) is 29.8 Å². The number of carbonyl (C=O) groups excluding carboxylic acids is 1. The van der Waals surface area contributed by atoms with Gasteiger partial charge >= 0.3 is 0 Å². The zero-order valence-electron chi connectivity index (χ0n) is 12.6. The molecule has 0 N–H and O–H groups in total. The number of aryl methyl sites for hydroxylation is 1. The molecule has 110 valence electrons. The van der Waals surface area contributed by atoms with E-state index in [1.807, 2.05) is 0 Å². The van der Waals surface area contributed by atoms with Crippen molar-refractivity contribution in [2.45, 2.75) is 50.8 Å². The summed E-state index contributed by atoms with van der Waals surface area (Å²) in [5.41, 5.74) is 3.32. The van der Waals surface area contributed by atoms with Gasteiger partial charge in [0, 0.05) is 18.5 Å². The normalized spacial score (nSPS) is 32.1. The minimum Gasteiger partial charge on any atom is -0.489 e. The summed E-state index contributed by atoms with van der Waals surface area (Å²) in [5.74, 6) is 1.27. The van der Waals surface area contributed by atoms with Gasteiger partial charge in [0.05, 0.1) is 12.0 Å². The molecule has 0 aliphatic carbocycles. The average molecular weight is 283 g/mol. The van der Waals surface area contributed by atoms with Crippen molar-refractivity contribution in [1.82, 2.24) is 4.90 Å². The second-order valence-corrected chi connectivity index (χ2v) is 6.60. The highest BCUT2D eigenvalue weighted by Gasteiger charge is 2.45. The molecule has 3 nitrogen and oxygen atoms in total. The number of hydrogen-bond donors (Lipinski definition) is 0. The van der Waals surface area contributed by atoms with Crippen molar-refractivity contribution in [3.05, 3.63) is 46.7 Å². The van der Waals surface area contributed by atoms with Crippen molar-refractivity contribution in [2.75, 3.05) is 7.05 Å². The fourth-order valence-corrected chi connectivity index (χ4v) is 4.03. The summed E-state index contributed by atoms with van der Waals surface area (Å²) < 4.78 is 6.25. The second-order valence-electron chi connectivity index (χ2n) is 6.60. The van der Waals surface area contributed by atoms with Crippen LogP contribution in [-0.2, 0) is 9.53 Å². The molecule has 3 atom stereocenters. The molecule has 3 heteroatoms. The van der Waals surface area contributed by atoms with E-state index in [4.69, 9.17) is 4.74 Å². The number of hydrogen-bond acceptors (Lipinski definition) is 3. The van der Waals surface area contributed by atoms with Gasteiger partial charge < -0.3 is 4.74 Å². The molecule has 0 spiro atoms. The Balaban J connectivity index is 1.66. The third-order valence-corrected chi connectivity index (χ3v) is 5.30. The lowest BCUT2D eigenvalue weighted by Crippen LogP contribution is -2.42. The number of nitrogens with zero attached hydrogens (tertiary/aromatic N) is 1. The minimum absolute atomic E-state index is 0.0975. The number of fused-ring (bicyclic) bond motifs is 3. The van der Waals surface area contributed by atoms with Crippen LogP contribution in [0.3, 0.4) is 0 Å². The van der Waals surface area contributed by atoms with E-state index in [0.717, 1.165) is 29.7 Å². The van der Waals surface area contributed by atoms with E-state index in [9.17, 15) is 4.79 Å². The number of rotatable bonds is 1. The molecule has 1 aromatic carbocycles. The third kappa shape index (κ3) is 2.03. The fourth-order valence-electron chi connectivity index (χ4n) is 4.03. The van der Waals surface area contributed by atoms with E-state index in [-0.39, 0.29) is 6.10 Å². The van der Waals surface area contributed by atoms with Crippen molar-refractivity contribution in [3.8, 4) is 0 Å². The number of likely N-dealkylation sites (N-methyl/N-ethyl adjacent to an activating group) is 1. The Bertz CT molecular complexity index is 617. The van der Waals surface area contributed by atoms with Crippen LogP contribution >= 0.6 is 0 Å². The van der Waals surface area contributed by atoms with Gasteiger partial charge in [-0.3, -0.25) is 9.69 Å². The maximum absolute atomic E-state index is 12.6. The predicted octanol–water partition coefficient (Wildman–Crippen LogP) is 3.15. The summed E-state index contributed by atoms with van der Waals surface area (Å²) in [6.07, 6.45) is 3.57. The molecular formula is C18H21NO2.